The van der Waals surface area contributed by atoms with E-state index in [9.17, 15) is 18.4 Å². The predicted octanol–water partition coefficient (Wildman–Crippen LogP) is 4.18. The molecule has 1 N–H and O–H groups in total. The Morgan fingerprint density at radius 3 is 2.30 bits per heavy atom. The lowest BCUT2D eigenvalue weighted by Gasteiger charge is -2.15. The Kier molecular flexibility index (Phi) is 6.87. The lowest BCUT2D eigenvalue weighted by atomic mass is 10.2. The molecule has 0 bridgehead atoms. The first-order valence-corrected chi connectivity index (χ1v) is 8.46. The predicted molar refractivity (Wildman–Crippen MR) is 96.6 cm³/mol. The first-order valence-electron chi connectivity index (χ1n) is 8.46. The Hall–Kier alpha value is -2.96. The van der Waals surface area contributed by atoms with Crippen LogP contribution >= 0.6 is 0 Å². The second-order valence-corrected chi connectivity index (χ2v) is 6.37. The van der Waals surface area contributed by atoms with Crippen molar-refractivity contribution in [2.45, 2.75) is 26.9 Å². The fraction of sp³-hybridized carbons (Fsp3) is 0.300. The topological polar surface area (TPSA) is 64.6 Å². The number of carbonyl (C=O) groups is 2. The van der Waals surface area contributed by atoms with E-state index >= 15 is 0 Å². The van der Waals surface area contributed by atoms with Crippen molar-refractivity contribution < 1.29 is 27.8 Å². The van der Waals surface area contributed by atoms with Crippen LogP contribution in [-0.2, 0) is 9.53 Å². The molecule has 2 rings (SSSR count). The quantitative estimate of drug-likeness (QED) is 0.735. The highest BCUT2D eigenvalue weighted by Crippen LogP contribution is 2.19. The maximum absolute atomic E-state index is 13.6. The van der Waals surface area contributed by atoms with Crippen molar-refractivity contribution in [2.24, 2.45) is 5.92 Å². The summed E-state index contributed by atoms with van der Waals surface area (Å²) in [5.74, 6) is -2.61. The number of benzene rings is 2. The average molecular weight is 377 g/mol. The molecule has 144 valence electrons. The molecule has 0 heterocycles. The number of amides is 1. The Balaban J connectivity index is 2.00. The van der Waals surface area contributed by atoms with E-state index in [2.05, 4.69) is 5.32 Å². The number of carbonyl (C=O) groups excluding carboxylic acids is 2. The van der Waals surface area contributed by atoms with Gasteiger partial charge in [0.15, 0.2) is 6.10 Å². The molecule has 0 spiro atoms. The van der Waals surface area contributed by atoms with E-state index in [4.69, 9.17) is 9.47 Å². The van der Waals surface area contributed by atoms with Gasteiger partial charge in [-0.3, -0.25) is 4.79 Å². The van der Waals surface area contributed by atoms with Crippen molar-refractivity contribution in [3.05, 3.63) is 59.7 Å². The molecule has 7 heteroatoms. The van der Waals surface area contributed by atoms with Crippen LogP contribution in [-0.4, -0.2) is 24.6 Å². The smallest absolute Gasteiger partial charge is 0.339 e. The van der Waals surface area contributed by atoms with Gasteiger partial charge >= 0.3 is 5.97 Å². The van der Waals surface area contributed by atoms with Crippen LogP contribution in [0.5, 0.6) is 5.75 Å². The molecule has 27 heavy (non-hydrogen) atoms. The number of esters is 1. The minimum atomic E-state index is -1.25. The van der Waals surface area contributed by atoms with Gasteiger partial charge in [0.05, 0.1) is 12.2 Å². The third kappa shape index (κ3) is 5.77. The molecule has 0 fully saturated rings. The van der Waals surface area contributed by atoms with E-state index in [0.29, 0.717) is 18.3 Å². The Bertz CT molecular complexity index is 803. The van der Waals surface area contributed by atoms with Crippen LogP contribution in [0, 0.1) is 17.6 Å². The third-order valence-corrected chi connectivity index (χ3v) is 3.52. The van der Waals surface area contributed by atoms with Gasteiger partial charge in [0, 0.05) is 0 Å². The summed E-state index contributed by atoms with van der Waals surface area (Å²) >= 11 is 0. The number of nitrogens with one attached hydrogen (secondary N) is 1. The molecule has 1 amide bonds. The van der Waals surface area contributed by atoms with E-state index in [1.54, 1.807) is 12.1 Å². The summed E-state index contributed by atoms with van der Waals surface area (Å²) in [6.07, 6.45) is -1.25. The van der Waals surface area contributed by atoms with Gasteiger partial charge in [-0.1, -0.05) is 26.0 Å². The van der Waals surface area contributed by atoms with E-state index in [0.717, 1.165) is 12.1 Å². The molecule has 5 nitrogen and oxygen atoms in total. The molecule has 0 aliphatic carbocycles. The van der Waals surface area contributed by atoms with Crippen LogP contribution in [0.4, 0.5) is 14.5 Å². The van der Waals surface area contributed by atoms with Crippen LogP contribution in [0.2, 0.25) is 0 Å². The molecule has 0 saturated carbocycles. The highest BCUT2D eigenvalue weighted by molar-refractivity contribution is 5.97. The number of para-hydroxylation sites is 1. The lowest BCUT2D eigenvalue weighted by Crippen LogP contribution is -2.30. The van der Waals surface area contributed by atoms with Gasteiger partial charge in [0.1, 0.15) is 23.1 Å². The fourth-order valence-corrected chi connectivity index (χ4v) is 2.10. The lowest BCUT2D eigenvalue weighted by molar-refractivity contribution is -0.123. The maximum Gasteiger partial charge on any atom is 0.339 e. The van der Waals surface area contributed by atoms with Crippen molar-refractivity contribution in [1.29, 1.82) is 0 Å². The molecule has 0 aliphatic rings. The highest BCUT2D eigenvalue weighted by Gasteiger charge is 2.21. The monoisotopic (exact) mass is 377 g/mol. The van der Waals surface area contributed by atoms with E-state index < -0.39 is 35.3 Å². The standard InChI is InChI=1S/C20H21F2NO4/c1-12(2)11-26-15-7-4-6-14(10-15)20(25)27-13(3)19(24)23-18-16(21)8-5-9-17(18)22/h4-10,12-13H,11H2,1-3H3,(H,23,24). The summed E-state index contributed by atoms with van der Waals surface area (Å²) in [4.78, 5) is 24.3. The largest absolute Gasteiger partial charge is 0.493 e. The molecule has 2 aromatic rings. The van der Waals surface area contributed by atoms with Crippen molar-refractivity contribution in [2.75, 3.05) is 11.9 Å². The van der Waals surface area contributed by atoms with Crippen LogP contribution in [0.3, 0.4) is 0 Å². The molecule has 1 atom stereocenters. The highest BCUT2D eigenvalue weighted by atomic mass is 19.1. The van der Waals surface area contributed by atoms with Crippen LogP contribution in [0.25, 0.3) is 0 Å². The molecule has 0 aromatic heterocycles. The molecule has 0 saturated heterocycles. The maximum atomic E-state index is 13.6. The van der Waals surface area contributed by atoms with Crippen molar-refractivity contribution in [3.63, 3.8) is 0 Å². The molecule has 0 radical (unpaired) electrons. The van der Waals surface area contributed by atoms with Crippen molar-refractivity contribution in [3.8, 4) is 5.75 Å². The summed E-state index contributed by atoms with van der Waals surface area (Å²) in [5.41, 5.74) is -0.387. The number of anilines is 1. The summed E-state index contributed by atoms with van der Waals surface area (Å²) in [6.45, 7) is 5.80. The van der Waals surface area contributed by atoms with E-state index in [1.165, 1.54) is 25.1 Å². The van der Waals surface area contributed by atoms with Gasteiger partial charge in [-0.05, 0) is 43.2 Å². The van der Waals surface area contributed by atoms with Gasteiger partial charge in [0.25, 0.3) is 5.91 Å². The number of rotatable bonds is 7. The van der Waals surface area contributed by atoms with Crippen molar-refractivity contribution in [1.82, 2.24) is 0 Å². The molecule has 2 aromatic carbocycles. The Morgan fingerprint density at radius 2 is 1.67 bits per heavy atom. The summed E-state index contributed by atoms with van der Waals surface area (Å²) in [5, 5.41) is 2.09. The third-order valence-electron chi connectivity index (χ3n) is 3.52. The van der Waals surface area contributed by atoms with E-state index in [1.807, 2.05) is 13.8 Å². The Labute approximate surface area is 156 Å². The Morgan fingerprint density at radius 1 is 1.04 bits per heavy atom. The van der Waals surface area contributed by atoms with Gasteiger partial charge in [-0.15, -0.1) is 0 Å². The second kappa shape index (κ2) is 9.12. The summed E-state index contributed by atoms with van der Waals surface area (Å²) in [7, 11) is 0. The zero-order valence-electron chi connectivity index (χ0n) is 15.3. The number of ether oxygens (including phenoxy) is 2. The fourth-order valence-electron chi connectivity index (χ4n) is 2.10. The average Bonchev–Trinajstić information content (AvgIpc) is 2.63. The second-order valence-electron chi connectivity index (χ2n) is 6.37. The summed E-state index contributed by atoms with van der Waals surface area (Å²) < 4.78 is 37.8. The van der Waals surface area contributed by atoms with Crippen molar-refractivity contribution >= 4 is 17.6 Å². The number of hydrogen-bond donors (Lipinski definition) is 1. The van der Waals surface area contributed by atoms with Crippen LogP contribution in [0.1, 0.15) is 31.1 Å². The zero-order chi connectivity index (χ0) is 20.0. The summed E-state index contributed by atoms with van der Waals surface area (Å²) in [6, 6.07) is 9.56. The van der Waals surface area contributed by atoms with E-state index in [-0.39, 0.29) is 5.56 Å². The SMILES string of the molecule is CC(C)COc1cccc(C(=O)OC(C)C(=O)Nc2c(F)cccc2F)c1. The molecule has 0 aliphatic heterocycles. The normalized spacial score (nSPS) is 11.8. The number of halogens is 2. The first-order chi connectivity index (χ1) is 12.8. The molecular weight excluding hydrogens is 356 g/mol. The molecule has 1 unspecified atom stereocenters. The zero-order valence-corrected chi connectivity index (χ0v) is 15.3. The van der Waals surface area contributed by atoms with Gasteiger partial charge in [-0.25, -0.2) is 13.6 Å². The minimum Gasteiger partial charge on any atom is -0.493 e. The molecular formula is C20H21F2NO4. The van der Waals surface area contributed by atoms with Gasteiger partial charge < -0.3 is 14.8 Å². The van der Waals surface area contributed by atoms with Gasteiger partial charge in [0.2, 0.25) is 0 Å². The van der Waals surface area contributed by atoms with Crippen LogP contribution < -0.4 is 10.1 Å². The number of hydrogen-bond acceptors (Lipinski definition) is 4. The minimum absolute atomic E-state index is 0.202. The van der Waals surface area contributed by atoms with Crippen LogP contribution in [0.15, 0.2) is 42.5 Å². The van der Waals surface area contributed by atoms with Gasteiger partial charge in [-0.2, -0.15) is 0 Å². The first kappa shape index (κ1) is 20.4.